The van der Waals surface area contributed by atoms with Crippen molar-refractivity contribution < 1.29 is 27.9 Å². The van der Waals surface area contributed by atoms with Gasteiger partial charge in [-0.1, -0.05) is 18.6 Å². The SMILES string of the molecule is O=C[C@H](CC(=O)O)NC(=O)C(CCCCNS(=O)(=O)c1cccs1)c1cccs1. The number of carboxylic acid groups (broad SMARTS) is 1. The van der Waals surface area contributed by atoms with Gasteiger partial charge < -0.3 is 15.2 Å². The molecule has 0 bridgehead atoms. The quantitative estimate of drug-likeness (QED) is 0.312. The number of sulfonamides is 1. The lowest BCUT2D eigenvalue weighted by molar-refractivity contribution is -0.138. The van der Waals surface area contributed by atoms with Crippen LogP contribution in [-0.2, 0) is 24.4 Å². The molecule has 0 saturated carbocycles. The molecule has 0 aliphatic heterocycles. The fourth-order valence-corrected chi connectivity index (χ4v) is 5.64. The van der Waals surface area contributed by atoms with Crippen LogP contribution in [0.4, 0.5) is 0 Å². The highest BCUT2D eigenvalue weighted by Gasteiger charge is 2.24. The molecular formula is C18H22N2O6S3. The van der Waals surface area contributed by atoms with Crippen LogP contribution in [0.15, 0.2) is 39.2 Å². The van der Waals surface area contributed by atoms with Gasteiger partial charge in [0.15, 0.2) is 0 Å². The third kappa shape index (κ3) is 7.35. The Morgan fingerprint density at radius 3 is 2.45 bits per heavy atom. The van der Waals surface area contributed by atoms with Crippen LogP contribution < -0.4 is 10.0 Å². The first-order chi connectivity index (χ1) is 13.8. The van der Waals surface area contributed by atoms with Crippen molar-refractivity contribution in [1.29, 1.82) is 0 Å². The van der Waals surface area contributed by atoms with Gasteiger partial charge in [-0.05, 0) is 35.7 Å². The zero-order valence-corrected chi connectivity index (χ0v) is 17.9. The molecule has 2 atom stereocenters. The van der Waals surface area contributed by atoms with E-state index in [9.17, 15) is 22.8 Å². The third-order valence-electron chi connectivity index (χ3n) is 4.06. The molecule has 0 spiro atoms. The average Bonchev–Trinajstić information content (AvgIpc) is 3.37. The van der Waals surface area contributed by atoms with Gasteiger partial charge in [0.25, 0.3) is 0 Å². The van der Waals surface area contributed by atoms with E-state index >= 15 is 0 Å². The highest BCUT2D eigenvalue weighted by molar-refractivity contribution is 7.91. The molecule has 0 aliphatic rings. The van der Waals surface area contributed by atoms with Gasteiger partial charge in [0.1, 0.15) is 10.5 Å². The molecule has 0 saturated heterocycles. The zero-order valence-electron chi connectivity index (χ0n) is 15.4. The van der Waals surface area contributed by atoms with E-state index < -0.39 is 40.3 Å². The van der Waals surface area contributed by atoms with Gasteiger partial charge in [-0.25, -0.2) is 13.1 Å². The highest BCUT2D eigenvalue weighted by Crippen LogP contribution is 2.27. The van der Waals surface area contributed by atoms with Crippen LogP contribution >= 0.6 is 22.7 Å². The van der Waals surface area contributed by atoms with E-state index in [0.717, 1.165) is 16.2 Å². The van der Waals surface area contributed by atoms with E-state index in [-0.39, 0.29) is 10.8 Å². The summed E-state index contributed by atoms with van der Waals surface area (Å²) in [5, 5.41) is 14.8. The van der Waals surface area contributed by atoms with E-state index in [1.54, 1.807) is 11.4 Å². The number of nitrogens with one attached hydrogen (secondary N) is 2. The lowest BCUT2D eigenvalue weighted by Crippen LogP contribution is -2.40. The molecule has 3 N–H and O–H groups in total. The van der Waals surface area contributed by atoms with E-state index in [0.29, 0.717) is 25.5 Å². The largest absolute Gasteiger partial charge is 0.481 e. The zero-order chi connectivity index (χ0) is 21.3. The number of hydrogen-bond acceptors (Lipinski definition) is 7. The topological polar surface area (TPSA) is 130 Å². The third-order valence-corrected chi connectivity index (χ3v) is 7.91. The van der Waals surface area contributed by atoms with Crippen molar-refractivity contribution in [2.45, 2.75) is 41.9 Å². The highest BCUT2D eigenvalue weighted by atomic mass is 32.2. The van der Waals surface area contributed by atoms with Gasteiger partial charge in [-0.15, -0.1) is 22.7 Å². The first-order valence-electron chi connectivity index (χ1n) is 8.87. The first kappa shape index (κ1) is 23.2. The molecule has 1 unspecified atom stereocenters. The van der Waals surface area contributed by atoms with Crippen LogP contribution in [0.1, 0.15) is 36.5 Å². The van der Waals surface area contributed by atoms with Crippen molar-refractivity contribution in [2.24, 2.45) is 0 Å². The van der Waals surface area contributed by atoms with Crippen LogP contribution in [0.2, 0.25) is 0 Å². The number of rotatable bonds is 13. The number of amides is 1. The summed E-state index contributed by atoms with van der Waals surface area (Å²) < 4.78 is 27.0. The predicted molar refractivity (Wildman–Crippen MR) is 111 cm³/mol. The molecule has 8 nitrogen and oxygen atoms in total. The number of aliphatic carboxylic acids is 1. The molecule has 0 fully saturated rings. The Hall–Kier alpha value is -2.08. The molecule has 29 heavy (non-hydrogen) atoms. The summed E-state index contributed by atoms with van der Waals surface area (Å²) in [6.45, 7) is 0.245. The van der Waals surface area contributed by atoms with E-state index in [1.807, 2.05) is 17.5 Å². The lowest BCUT2D eigenvalue weighted by atomic mass is 9.98. The molecule has 11 heteroatoms. The summed E-state index contributed by atoms with van der Waals surface area (Å²) >= 11 is 2.54. The molecule has 0 aliphatic carbocycles. The van der Waals surface area contributed by atoms with Crippen LogP contribution in [-0.4, -0.2) is 44.3 Å². The van der Waals surface area contributed by atoms with Crippen LogP contribution in [0.25, 0.3) is 0 Å². The molecular weight excluding hydrogens is 436 g/mol. The van der Waals surface area contributed by atoms with Crippen LogP contribution in [0.5, 0.6) is 0 Å². The Morgan fingerprint density at radius 2 is 1.86 bits per heavy atom. The number of thiophene rings is 2. The first-order valence-corrected chi connectivity index (χ1v) is 12.1. The maximum Gasteiger partial charge on any atom is 0.305 e. The van der Waals surface area contributed by atoms with Crippen molar-refractivity contribution in [1.82, 2.24) is 10.0 Å². The van der Waals surface area contributed by atoms with Gasteiger partial charge in [0.05, 0.1) is 18.4 Å². The molecule has 158 valence electrons. The van der Waals surface area contributed by atoms with Crippen molar-refractivity contribution in [3.63, 3.8) is 0 Å². The second-order valence-electron chi connectivity index (χ2n) is 6.24. The van der Waals surface area contributed by atoms with Gasteiger partial charge in [0, 0.05) is 11.4 Å². The number of carboxylic acids is 1. The monoisotopic (exact) mass is 458 g/mol. The molecule has 0 aromatic carbocycles. The summed E-state index contributed by atoms with van der Waals surface area (Å²) in [5.74, 6) is -2.11. The summed E-state index contributed by atoms with van der Waals surface area (Å²) in [5.41, 5.74) is 0. The maximum atomic E-state index is 12.6. The smallest absolute Gasteiger partial charge is 0.305 e. The number of hydrogen-bond donors (Lipinski definition) is 3. The summed E-state index contributed by atoms with van der Waals surface area (Å²) in [4.78, 5) is 35.2. The van der Waals surface area contributed by atoms with Gasteiger partial charge >= 0.3 is 5.97 Å². The molecule has 1 amide bonds. The van der Waals surface area contributed by atoms with E-state index in [1.165, 1.54) is 17.4 Å². The van der Waals surface area contributed by atoms with Gasteiger partial charge in [-0.3, -0.25) is 9.59 Å². The second-order valence-corrected chi connectivity index (χ2v) is 10.2. The molecule has 2 heterocycles. The minimum atomic E-state index is -3.51. The molecule has 2 aromatic rings. The average molecular weight is 459 g/mol. The Labute approximate surface area is 177 Å². The van der Waals surface area contributed by atoms with E-state index in [2.05, 4.69) is 10.0 Å². The lowest BCUT2D eigenvalue weighted by Gasteiger charge is -2.18. The van der Waals surface area contributed by atoms with Crippen molar-refractivity contribution in [3.8, 4) is 0 Å². The standard InChI is InChI=1S/C18H22N2O6S3/c21-12-13(11-16(22)23)20-18(24)14(15-6-3-9-27-15)5-1-2-8-19-29(25,26)17-7-4-10-28-17/h3-4,6-7,9-10,12-14,19H,1-2,5,8,11H2,(H,20,24)(H,22,23)/t13-,14?/m0/s1. The normalized spacial score (nSPS) is 13.5. The molecule has 2 rings (SSSR count). The minimum absolute atomic E-state index is 0.245. The van der Waals surface area contributed by atoms with Gasteiger partial charge in [0.2, 0.25) is 15.9 Å². The number of unbranched alkanes of at least 4 members (excludes halogenated alkanes) is 1. The second kappa shape index (κ2) is 11.2. The van der Waals surface area contributed by atoms with Gasteiger partial charge in [-0.2, -0.15) is 0 Å². The fraction of sp³-hybridized carbons (Fsp3) is 0.389. The van der Waals surface area contributed by atoms with Crippen LogP contribution in [0, 0.1) is 0 Å². The number of carbonyl (C=O) groups is 3. The summed E-state index contributed by atoms with van der Waals surface area (Å²) in [6, 6.07) is 5.73. The Bertz CT molecular complexity index is 894. The van der Waals surface area contributed by atoms with Crippen molar-refractivity contribution in [3.05, 3.63) is 39.9 Å². The molecule has 0 radical (unpaired) electrons. The summed E-state index contributed by atoms with van der Waals surface area (Å²) in [6.07, 6.45) is 1.50. The Morgan fingerprint density at radius 1 is 1.14 bits per heavy atom. The maximum absolute atomic E-state index is 12.6. The Kier molecular flexibility index (Phi) is 8.96. The van der Waals surface area contributed by atoms with Crippen LogP contribution in [0.3, 0.4) is 0 Å². The fourth-order valence-electron chi connectivity index (χ4n) is 2.66. The number of carbonyl (C=O) groups excluding carboxylic acids is 2. The van der Waals surface area contributed by atoms with Crippen molar-refractivity contribution in [2.75, 3.05) is 6.54 Å². The summed E-state index contributed by atoms with van der Waals surface area (Å²) in [7, 11) is -3.51. The van der Waals surface area contributed by atoms with E-state index in [4.69, 9.17) is 5.11 Å². The Balaban J connectivity index is 1.88. The predicted octanol–water partition coefficient (Wildman–Crippen LogP) is 2.20. The minimum Gasteiger partial charge on any atom is -0.481 e. The van der Waals surface area contributed by atoms with Crippen molar-refractivity contribution >= 4 is 50.9 Å². The molecule has 2 aromatic heterocycles. The number of aldehydes is 1.